The van der Waals surface area contributed by atoms with E-state index in [9.17, 15) is 22.8 Å². The second kappa shape index (κ2) is 6.22. The Hall–Kier alpha value is -2.05. The molecule has 4 aliphatic carbocycles. The van der Waals surface area contributed by atoms with Gasteiger partial charge in [-0.1, -0.05) is 0 Å². The molecular formula is C22H25F3N2O2. The molecule has 1 aliphatic heterocycles. The van der Waals surface area contributed by atoms with Gasteiger partial charge in [-0.2, -0.15) is 13.2 Å². The summed E-state index contributed by atoms with van der Waals surface area (Å²) in [5.74, 6) is 1.02. The summed E-state index contributed by atoms with van der Waals surface area (Å²) in [6, 6.07) is 3.40. The molecule has 1 aromatic carbocycles. The molecule has 7 heteroatoms. The first-order valence-corrected chi connectivity index (χ1v) is 10.4. The lowest BCUT2D eigenvalue weighted by Gasteiger charge is -2.61. The maximum Gasteiger partial charge on any atom is 0.416 e. The first-order chi connectivity index (χ1) is 13.7. The van der Waals surface area contributed by atoms with Crippen LogP contribution in [0.1, 0.15) is 43.2 Å². The molecule has 3 atom stereocenters. The number of carbonyl (C=O) groups excluding carboxylic acids is 2. The van der Waals surface area contributed by atoms with Crippen LogP contribution in [0.5, 0.6) is 0 Å². The smallest absolute Gasteiger partial charge is 0.342 e. The van der Waals surface area contributed by atoms with Gasteiger partial charge in [-0.25, -0.2) is 0 Å². The number of rotatable bonds is 3. The van der Waals surface area contributed by atoms with Crippen molar-refractivity contribution in [3.63, 3.8) is 0 Å². The molecule has 5 aliphatic rings. The number of nitrogens with zero attached hydrogens (tertiary/aromatic N) is 1. The second-order valence-electron chi connectivity index (χ2n) is 9.61. The van der Waals surface area contributed by atoms with Crippen molar-refractivity contribution in [1.29, 1.82) is 0 Å². The fourth-order valence-corrected chi connectivity index (χ4v) is 6.09. The predicted molar refractivity (Wildman–Crippen MR) is 101 cm³/mol. The molecule has 2 amide bonds. The molecule has 29 heavy (non-hydrogen) atoms. The van der Waals surface area contributed by atoms with Gasteiger partial charge >= 0.3 is 6.18 Å². The second-order valence-corrected chi connectivity index (χ2v) is 9.61. The van der Waals surface area contributed by atoms with Crippen LogP contribution in [-0.2, 0) is 15.8 Å². The summed E-state index contributed by atoms with van der Waals surface area (Å²) in [6.45, 7) is 2.84. The van der Waals surface area contributed by atoms with Gasteiger partial charge in [0.15, 0.2) is 0 Å². The third-order valence-electron chi connectivity index (χ3n) is 7.73. The molecule has 4 nitrogen and oxygen atoms in total. The van der Waals surface area contributed by atoms with Crippen molar-refractivity contribution in [3.05, 3.63) is 29.3 Å². The number of benzene rings is 1. The zero-order valence-corrected chi connectivity index (χ0v) is 16.4. The molecule has 0 spiro atoms. The highest BCUT2D eigenvalue weighted by Crippen LogP contribution is 2.65. The number of aryl methyl sites for hydroxylation is 1. The summed E-state index contributed by atoms with van der Waals surface area (Å²) < 4.78 is 38.6. The Labute approximate surface area is 167 Å². The Morgan fingerprint density at radius 2 is 1.72 bits per heavy atom. The number of hydrogen-bond donors (Lipinski definition) is 1. The topological polar surface area (TPSA) is 49.4 Å². The average molecular weight is 406 g/mol. The van der Waals surface area contributed by atoms with E-state index in [1.54, 1.807) is 6.92 Å². The molecule has 1 heterocycles. The highest BCUT2D eigenvalue weighted by molar-refractivity contribution is 5.94. The van der Waals surface area contributed by atoms with Crippen LogP contribution in [0.25, 0.3) is 0 Å². The molecule has 1 aromatic rings. The van der Waals surface area contributed by atoms with E-state index in [-0.39, 0.29) is 35.0 Å². The van der Waals surface area contributed by atoms with Crippen LogP contribution in [0.15, 0.2) is 18.2 Å². The van der Waals surface area contributed by atoms with Gasteiger partial charge in [0, 0.05) is 24.7 Å². The minimum Gasteiger partial charge on any atom is -0.342 e. The fraction of sp³-hybridized carbons (Fsp3) is 0.636. The van der Waals surface area contributed by atoms with Gasteiger partial charge < -0.3 is 10.2 Å². The van der Waals surface area contributed by atoms with E-state index in [1.807, 2.05) is 4.90 Å². The summed E-state index contributed by atoms with van der Waals surface area (Å²) in [4.78, 5) is 27.9. The van der Waals surface area contributed by atoms with Crippen molar-refractivity contribution in [1.82, 2.24) is 4.90 Å². The van der Waals surface area contributed by atoms with Crippen LogP contribution in [0.4, 0.5) is 18.9 Å². The van der Waals surface area contributed by atoms with Gasteiger partial charge in [-0.15, -0.1) is 0 Å². The molecule has 1 unspecified atom stereocenters. The Morgan fingerprint density at radius 1 is 1.10 bits per heavy atom. The van der Waals surface area contributed by atoms with E-state index in [0.717, 1.165) is 50.2 Å². The number of hydrogen-bond acceptors (Lipinski definition) is 2. The van der Waals surface area contributed by atoms with Crippen molar-refractivity contribution in [2.45, 2.75) is 45.2 Å². The van der Waals surface area contributed by atoms with Gasteiger partial charge in [0.2, 0.25) is 11.8 Å². The largest absolute Gasteiger partial charge is 0.416 e. The van der Waals surface area contributed by atoms with Crippen molar-refractivity contribution in [2.75, 3.05) is 18.4 Å². The lowest BCUT2D eigenvalue weighted by Crippen LogP contribution is -2.63. The van der Waals surface area contributed by atoms with Gasteiger partial charge in [-0.05, 0) is 80.5 Å². The lowest BCUT2D eigenvalue weighted by molar-refractivity contribution is -0.180. The minimum atomic E-state index is -4.40. The maximum absolute atomic E-state index is 13.0. The normalized spacial score (nSPS) is 35.0. The number of piperidine rings is 1. The summed E-state index contributed by atoms with van der Waals surface area (Å²) in [7, 11) is 0. The minimum absolute atomic E-state index is 0.0868. The van der Waals surface area contributed by atoms with Crippen molar-refractivity contribution in [3.8, 4) is 0 Å². The van der Waals surface area contributed by atoms with Crippen LogP contribution < -0.4 is 5.32 Å². The third-order valence-corrected chi connectivity index (χ3v) is 7.73. The molecule has 4 bridgehead atoms. The average Bonchev–Trinajstić information content (AvgIpc) is 2.83. The molecule has 0 aromatic heterocycles. The predicted octanol–water partition coefficient (Wildman–Crippen LogP) is 4.24. The number of alkyl halides is 3. The summed E-state index contributed by atoms with van der Waals surface area (Å²) >= 11 is 0. The molecule has 5 fully saturated rings. The zero-order chi connectivity index (χ0) is 20.6. The molecule has 156 valence electrons. The Morgan fingerprint density at radius 3 is 2.21 bits per heavy atom. The Balaban J connectivity index is 1.26. The van der Waals surface area contributed by atoms with Crippen molar-refractivity contribution < 1.29 is 22.8 Å². The quantitative estimate of drug-likeness (QED) is 0.817. The first-order valence-electron chi connectivity index (χ1n) is 10.4. The van der Waals surface area contributed by atoms with Gasteiger partial charge in [0.05, 0.1) is 11.0 Å². The Bertz CT molecular complexity index is 850. The molecule has 1 saturated heterocycles. The fourth-order valence-electron chi connectivity index (χ4n) is 6.09. The monoisotopic (exact) mass is 406 g/mol. The third kappa shape index (κ3) is 2.96. The SMILES string of the molecule is Cc1cc(C(F)(F)F)ccc1NC(=O)C1[C@@H]2CC[C@H]1CN(C(=O)C13CC(C1)C3)C2. The van der Waals surface area contributed by atoms with Gasteiger partial charge in [-0.3, -0.25) is 9.59 Å². The zero-order valence-electron chi connectivity index (χ0n) is 16.4. The lowest BCUT2D eigenvalue weighted by atomic mass is 9.44. The molecule has 0 radical (unpaired) electrons. The Kier molecular flexibility index (Phi) is 4.07. The van der Waals surface area contributed by atoms with Gasteiger partial charge in [0.1, 0.15) is 0 Å². The van der Waals surface area contributed by atoms with Crippen LogP contribution in [0.3, 0.4) is 0 Å². The van der Waals surface area contributed by atoms with Crippen LogP contribution in [0.2, 0.25) is 0 Å². The van der Waals surface area contributed by atoms with Gasteiger partial charge in [0.25, 0.3) is 0 Å². The van der Waals surface area contributed by atoms with Crippen LogP contribution in [-0.4, -0.2) is 29.8 Å². The van der Waals surface area contributed by atoms with E-state index in [0.29, 0.717) is 24.3 Å². The number of nitrogens with one attached hydrogen (secondary N) is 1. The number of fused-ring (bicyclic) bond motifs is 2. The highest BCUT2D eigenvalue weighted by Gasteiger charge is 2.63. The number of carbonyl (C=O) groups is 2. The standard InChI is InChI=1S/C22H25F3N2O2/c1-12-6-16(22(23,24)25)4-5-17(12)26-19(28)18-14-2-3-15(18)11-27(10-14)20(29)21-7-13(8-21)9-21/h4-6,13-15,18H,2-3,7-11H2,1H3,(H,26,28)/t13?,14-,15+,18?,21?. The van der Waals surface area contributed by atoms with Crippen molar-refractivity contribution >= 4 is 17.5 Å². The summed E-state index contributed by atoms with van der Waals surface area (Å²) in [5.41, 5.74) is 0.0244. The van der Waals surface area contributed by atoms with Crippen LogP contribution in [0, 0.1) is 36.0 Å². The highest BCUT2D eigenvalue weighted by atomic mass is 19.4. The molecular weight excluding hydrogens is 381 g/mol. The number of anilines is 1. The van der Waals surface area contributed by atoms with E-state index in [2.05, 4.69) is 5.32 Å². The molecule has 4 saturated carbocycles. The molecule has 1 N–H and O–H groups in total. The number of amides is 2. The maximum atomic E-state index is 13.0. The number of halogens is 3. The van der Waals surface area contributed by atoms with E-state index < -0.39 is 11.7 Å². The number of likely N-dealkylation sites (tertiary alicyclic amines) is 1. The summed E-state index contributed by atoms with van der Waals surface area (Å²) in [6.07, 6.45) is 0.562. The first kappa shape index (κ1) is 18.9. The molecule has 6 rings (SSSR count). The van der Waals surface area contributed by atoms with E-state index in [4.69, 9.17) is 0 Å². The summed E-state index contributed by atoms with van der Waals surface area (Å²) in [5, 5.41) is 2.85. The van der Waals surface area contributed by atoms with E-state index >= 15 is 0 Å². The van der Waals surface area contributed by atoms with Crippen LogP contribution >= 0.6 is 0 Å². The van der Waals surface area contributed by atoms with Crippen molar-refractivity contribution in [2.24, 2.45) is 29.1 Å². The van der Waals surface area contributed by atoms with E-state index in [1.165, 1.54) is 6.07 Å².